The second-order valence-corrected chi connectivity index (χ2v) is 6.64. The highest BCUT2D eigenvalue weighted by Gasteiger charge is 2.22. The summed E-state index contributed by atoms with van der Waals surface area (Å²) in [6.07, 6.45) is 2.64. The number of aromatic nitrogens is 2. The van der Waals surface area contributed by atoms with Crippen molar-refractivity contribution in [2.45, 2.75) is 11.6 Å². The number of benzene rings is 1. The Morgan fingerprint density at radius 3 is 2.72 bits per heavy atom. The summed E-state index contributed by atoms with van der Waals surface area (Å²) in [5.74, 6) is 0. The van der Waals surface area contributed by atoms with E-state index >= 15 is 0 Å². The molecule has 0 unspecified atom stereocenters. The third kappa shape index (κ3) is 2.63. The van der Waals surface area contributed by atoms with Gasteiger partial charge < -0.3 is 4.98 Å². The van der Waals surface area contributed by atoms with Crippen LogP contribution in [0.3, 0.4) is 0 Å². The standard InChI is InChI=1S/C11H12BrN3O2S/c1-15(7-9-4-2-3-5-10(9)12)18(16,17)11-6-13-8-14-11/h2-6,8H,7H2,1H3,(H,13,14). The van der Waals surface area contributed by atoms with Gasteiger partial charge in [0.25, 0.3) is 10.0 Å². The number of H-pyrrole nitrogens is 1. The normalized spacial score (nSPS) is 11.9. The molecular weight excluding hydrogens is 318 g/mol. The third-order valence-electron chi connectivity index (χ3n) is 2.51. The second kappa shape index (κ2) is 5.21. The number of halogens is 1. The molecule has 96 valence electrons. The molecule has 2 rings (SSSR count). The molecule has 0 atom stereocenters. The molecule has 0 saturated carbocycles. The first-order valence-electron chi connectivity index (χ1n) is 5.20. The Morgan fingerprint density at radius 2 is 2.11 bits per heavy atom. The summed E-state index contributed by atoms with van der Waals surface area (Å²) in [7, 11) is -1.98. The van der Waals surface area contributed by atoms with Gasteiger partial charge >= 0.3 is 0 Å². The van der Waals surface area contributed by atoms with E-state index in [0.29, 0.717) is 6.54 Å². The van der Waals surface area contributed by atoms with Gasteiger partial charge in [0, 0.05) is 18.1 Å². The first kappa shape index (κ1) is 13.3. The Morgan fingerprint density at radius 1 is 1.39 bits per heavy atom. The maximum atomic E-state index is 12.1. The van der Waals surface area contributed by atoms with E-state index in [0.717, 1.165) is 10.0 Å². The number of hydrogen-bond donors (Lipinski definition) is 1. The molecule has 0 radical (unpaired) electrons. The molecule has 0 aliphatic heterocycles. The SMILES string of the molecule is CN(Cc1ccccc1Br)S(=O)(=O)c1cnc[nH]1. The predicted molar refractivity (Wildman–Crippen MR) is 71.4 cm³/mol. The van der Waals surface area contributed by atoms with E-state index in [1.54, 1.807) is 0 Å². The van der Waals surface area contributed by atoms with Gasteiger partial charge in [-0.15, -0.1) is 0 Å². The Labute approximate surface area is 114 Å². The van der Waals surface area contributed by atoms with Crippen LogP contribution in [0.15, 0.2) is 46.3 Å². The van der Waals surface area contributed by atoms with E-state index in [4.69, 9.17) is 0 Å². The lowest BCUT2D eigenvalue weighted by Crippen LogP contribution is -2.26. The summed E-state index contributed by atoms with van der Waals surface area (Å²) in [6, 6.07) is 7.52. The molecule has 0 spiro atoms. The highest BCUT2D eigenvalue weighted by molar-refractivity contribution is 9.10. The number of nitrogens with zero attached hydrogens (tertiary/aromatic N) is 2. The number of rotatable bonds is 4. The molecule has 0 saturated heterocycles. The Balaban J connectivity index is 2.24. The minimum atomic E-state index is -3.52. The van der Waals surface area contributed by atoms with Crippen LogP contribution in [0.4, 0.5) is 0 Å². The lowest BCUT2D eigenvalue weighted by molar-refractivity contribution is 0.463. The van der Waals surface area contributed by atoms with Crippen LogP contribution in [0.25, 0.3) is 0 Å². The molecule has 18 heavy (non-hydrogen) atoms. The van der Waals surface area contributed by atoms with E-state index in [1.165, 1.54) is 23.9 Å². The molecule has 7 heteroatoms. The van der Waals surface area contributed by atoms with Gasteiger partial charge in [-0.25, -0.2) is 13.4 Å². The van der Waals surface area contributed by atoms with Crippen molar-refractivity contribution in [2.75, 3.05) is 7.05 Å². The summed E-state index contributed by atoms with van der Waals surface area (Å²) in [5.41, 5.74) is 0.906. The zero-order valence-corrected chi connectivity index (χ0v) is 12.1. The first-order valence-corrected chi connectivity index (χ1v) is 7.43. The van der Waals surface area contributed by atoms with Crippen molar-refractivity contribution < 1.29 is 8.42 Å². The van der Waals surface area contributed by atoms with Crippen molar-refractivity contribution in [3.8, 4) is 0 Å². The predicted octanol–water partition coefficient (Wildman–Crippen LogP) is 1.99. The Hall–Kier alpha value is -1.18. The topological polar surface area (TPSA) is 66.1 Å². The van der Waals surface area contributed by atoms with Gasteiger partial charge in [0.15, 0.2) is 5.03 Å². The fourth-order valence-electron chi connectivity index (χ4n) is 1.50. The fourth-order valence-corrected chi connectivity index (χ4v) is 2.95. The molecule has 1 heterocycles. The number of aromatic amines is 1. The van der Waals surface area contributed by atoms with E-state index in [9.17, 15) is 8.42 Å². The maximum absolute atomic E-state index is 12.1. The van der Waals surface area contributed by atoms with Crippen LogP contribution in [0.1, 0.15) is 5.56 Å². The van der Waals surface area contributed by atoms with Gasteiger partial charge in [0.1, 0.15) is 0 Å². The molecule has 0 aliphatic rings. The number of nitrogens with one attached hydrogen (secondary N) is 1. The Kier molecular flexibility index (Phi) is 3.84. The van der Waals surface area contributed by atoms with E-state index < -0.39 is 10.0 Å². The molecule has 1 N–H and O–H groups in total. The van der Waals surface area contributed by atoms with E-state index in [1.807, 2.05) is 24.3 Å². The van der Waals surface area contributed by atoms with Gasteiger partial charge in [-0.3, -0.25) is 0 Å². The molecule has 1 aromatic carbocycles. The zero-order valence-electron chi connectivity index (χ0n) is 9.67. The minimum absolute atomic E-state index is 0.0945. The van der Waals surface area contributed by atoms with Crippen LogP contribution in [0, 0.1) is 0 Å². The molecule has 0 bridgehead atoms. The molecule has 0 amide bonds. The van der Waals surface area contributed by atoms with Crippen LogP contribution >= 0.6 is 15.9 Å². The maximum Gasteiger partial charge on any atom is 0.260 e. The van der Waals surface area contributed by atoms with Gasteiger partial charge in [-0.2, -0.15) is 4.31 Å². The lowest BCUT2D eigenvalue weighted by Gasteiger charge is -2.16. The van der Waals surface area contributed by atoms with Crippen molar-refractivity contribution in [3.05, 3.63) is 46.8 Å². The quantitative estimate of drug-likeness (QED) is 0.932. The van der Waals surface area contributed by atoms with Gasteiger partial charge in [-0.05, 0) is 11.6 Å². The molecule has 1 aromatic heterocycles. The first-order chi connectivity index (χ1) is 8.51. The van der Waals surface area contributed by atoms with Crippen LogP contribution < -0.4 is 0 Å². The molecule has 0 aliphatic carbocycles. The smallest absolute Gasteiger partial charge is 0.260 e. The second-order valence-electron chi connectivity index (χ2n) is 3.77. The van der Waals surface area contributed by atoms with Crippen molar-refractivity contribution in [1.29, 1.82) is 0 Å². The molecule has 0 fully saturated rings. The average Bonchev–Trinajstić information content (AvgIpc) is 2.86. The Bertz CT molecular complexity index is 625. The summed E-state index contributed by atoms with van der Waals surface area (Å²) >= 11 is 3.40. The van der Waals surface area contributed by atoms with Crippen molar-refractivity contribution in [2.24, 2.45) is 0 Å². The highest BCUT2D eigenvalue weighted by Crippen LogP contribution is 2.20. The van der Waals surface area contributed by atoms with Crippen LogP contribution in [0.2, 0.25) is 0 Å². The van der Waals surface area contributed by atoms with Crippen LogP contribution in [0.5, 0.6) is 0 Å². The summed E-state index contributed by atoms with van der Waals surface area (Å²) in [6.45, 7) is 0.294. The van der Waals surface area contributed by atoms with Crippen LogP contribution in [-0.2, 0) is 16.6 Å². The van der Waals surface area contributed by atoms with Crippen LogP contribution in [-0.4, -0.2) is 29.7 Å². The lowest BCUT2D eigenvalue weighted by atomic mass is 10.2. The molecule has 5 nitrogen and oxygen atoms in total. The highest BCUT2D eigenvalue weighted by atomic mass is 79.9. The fraction of sp³-hybridized carbons (Fsp3) is 0.182. The van der Waals surface area contributed by atoms with E-state index in [2.05, 4.69) is 25.9 Å². The largest absolute Gasteiger partial charge is 0.335 e. The van der Waals surface area contributed by atoms with E-state index in [-0.39, 0.29) is 5.03 Å². The summed E-state index contributed by atoms with van der Waals surface area (Å²) < 4.78 is 26.5. The van der Waals surface area contributed by atoms with Gasteiger partial charge in [-0.1, -0.05) is 34.1 Å². The molecule has 2 aromatic rings. The zero-order chi connectivity index (χ0) is 13.2. The molecular formula is C11H12BrN3O2S. The average molecular weight is 330 g/mol. The van der Waals surface area contributed by atoms with Crippen molar-refractivity contribution in [1.82, 2.24) is 14.3 Å². The summed E-state index contributed by atoms with van der Waals surface area (Å²) in [4.78, 5) is 6.33. The number of sulfonamides is 1. The van der Waals surface area contributed by atoms with Crippen molar-refractivity contribution >= 4 is 26.0 Å². The van der Waals surface area contributed by atoms with Gasteiger partial charge in [0.05, 0.1) is 12.5 Å². The monoisotopic (exact) mass is 329 g/mol. The third-order valence-corrected chi connectivity index (χ3v) is 5.01. The minimum Gasteiger partial charge on any atom is -0.335 e. The van der Waals surface area contributed by atoms with Gasteiger partial charge in [0.2, 0.25) is 0 Å². The number of hydrogen-bond acceptors (Lipinski definition) is 3. The summed E-state index contributed by atoms with van der Waals surface area (Å²) in [5, 5.41) is 0.0945. The van der Waals surface area contributed by atoms with Crippen molar-refractivity contribution in [3.63, 3.8) is 0 Å². The number of imidazole rings is 1.